The van der Waals surface area contributed by atoms with Crippen LogP contribution in [0.3, 0.4) is 0 Å². The molecule has 0 amide bonds. The molecular weight excluding hydrogens is 592 g/mol. The number of aryl methyl sites for hydroxylation is 2. The van der Waals surface area contributed by atoms with Crippen LogP contribution >= 0.6 is 11.3 Å². The van der Waals surface area contributed by atoms with Gasteiger partial charge in [0, 0.05) is 5.56 Å². The molecule has 0 N–H and O–H groups in total. The fourth-order valence-corrected chi connectivity index (χ4v) is 6.15. The zero-order valence-corrected chi connectivity index (χ0v) is 27.0. The number of allylic oxidation sites excluding steroid dienone is 1. The number of hydrogen-bond acceptors (Lipinski definition) is 9. The fourth-order valence-electron chi connectivity index (χ4n) is 5.12. The van der Waals surface area contributed by atoms with Gasteiger partial charge < -0.3 is 23.7 Å². The van der Waals surface area contributed by atoms with E-state index in [9.17, 15) is 9.59 Å². The van der Waals surface area contributed by atoms with Gasteiger partial charge in [-0.05, 0) is 80.8 Å². The van der Waals surface area contributed by atoms with Gasteiger partial charge in [-0.2, -0.15) is 0 Å². The molecule has 1 aromatic heterocycles. The molecule has 1 aliphatic rings. The first-order valence-electron chi connectivity index (χ1n) is 14.6. The van der Waals surface area contributed by atoms with E-state index in [0.717, 1.165) is 16.9 Å². The molecule has 0 radical (unpaired) electrons. The van der Waals surface area contributed by atoms with Crippen LogP contribution in [0.5, 0.6) is 23.0 Å². The lowest BCUT2D eigenvalue weighted by Gasteiger charge is -2.25. The minimum Gasteiger partial charge on any atom is -0.493 e. The second-order valence-corrected chi connectivity index (χ2v) is 11.4. The number of para-hydroxylation sites is 1. The van der Waals surface area contributed by atoms with Crippen molar-refractivity contribution >= 4 is 23.4 Å². The van der Waals surface area contributed by atoms with Gasteiger partial charge in [0.1, 0.15) is 24.7 Å². The smallest absolute Gasteiger partial charge is 0.338 e. The molecule has 1 aliphatic heterocycles. The van der Waals surface area contributed by atoms with Crippen molar-refractivity contribution in [2.75, 3.05) is 34.0 Å². The second-order valence-electron chi connectivity index (χ2n) is 10.4. The third-order valence-corrected chi connectivity index (χ3v) is 8.52. The number of benzene rings is 3. The number of fused-ring (bicyclic) bond motifs is 1. The van der Waals surface area contributed by atoms with Gasteiger partial charge in [0.2, 0.25) is 0 Å². The Bertz CT molecular complexity index is 1940. The number of carbonyl (C=O) groups excluding carboxylic acids is 1. The average molecular weight is 629 g/mol. The Kier molecular flexibility index (Phi) is 9.73. The average Bonchev–Trinajstić information content (AvgIpc) is 3.34. The highest BCUT2D eigenvalue weighted by Crippen LogP contribution is 2.36. The summed E-state index contributed by atoms with van der Waals surface area (Å²) in [5.74, 6) is 1.88. The summed E-state index contributed by atoms with van der Waals surface area (Å²) in [5, 5.41) is 0. The minimum atomic E-state index is -0.781. The van der Waals surface area contributed by atoms with E-state index >= 15 is 0 Å². The SMILES string of the molecule is CCOC(=O)C1=C(C)N=c2sc(=Cc3ccccc3OCCOc3ccc(C)c(C)c3)c(=O)n2[C@@H]1c1ccc(OC)c(OC)c1. The summed E-state index contributed by atoms with van der Waals surface area (Å²) in [6, 6.07) is 18.0. The van der Waals surface area contributed by atoms with E-state index in [-0.39, 0.29) is 17.7 Å². The van der Waals surface area contributed by atoms with Crippen LogP contribution in [-0.4, -0.2) is 44.6 Å². The molecule has 2 heterocycles. The molecule has 0 saturated carbocycles. The predicted molar refractivity (Wildman–Crippen MR) is 173 cm³/mol. The van der Waals surface area contributed by atoms with Crippen molar-refractivity contribution in [3.63, 3.8) is 0 Å². The summed E-state index contributed by atoms with van der Waals surface area (Å²) in [4.78, 5) is 32.5. The topological polar surface area (TPSA) is 97.6 Å². The quantitative estimate of drug-likeness (QED) is 0.172. The molecule has 4 aromatic rings. The van der Waals surface area contributed by atoms with Crippen LogP contribution < -0.4 is 33.8 Å². The third kappa shape index (κ3) is 6.66. The Hall–Kier alpha value is -4.83. The maximum Gasteiger partial charge on any atom is 0.338 e. The van der Waals surface area contributed by atoms with E-state index in [2.05, 4.69) is 11.9 Å². The first-order chi connectivity index (χ1) is 21.7. The molecule has 3 aromatic carbocycles. The van der Waals surface area contributed by atoms with Gasteiger partial charge >= 0.3 is 5.97 Å². The number of esters is 1. The fraction of sp³-hybridized carbons (Fsp3) is 0.286. The first-order valence-corrected chi connectivity index (χ1v) is 15.4. The molecule has 0 spiro atoms. The molecule has 9 nitrogen and oxygen atoms in total. The van der Waals surface area contributed by atoms with Crippen molar-refractivity contribution in [1.29, 1.82) is 0 Å². The van der Waals surface area contributed by atoms with Crippen molar-refractivity contribution < 1.29 is 28.5 Å². The van der Waals surface area contributed by atoms with E-state index in [0.29, 0.717) is 51.1 Å². The van der Waals surface area contributed by atoms with Crippen molar-refractivity contribution in [3.05, 3.63) is 114 Å². The van der Waals surface area contributed by atoms with Crippen LogP contribution in [0.1, 0.15) is 42.1 Å². The van der Waals surface area contributed by atoms with E-state index in [1.807, 2.05) is 55.5 Å². The molecule has 0 saturated heterocycles. The van der Waals surface area contributed by atoms with Crippen molar-refractivity contribution in [1.82, 2.24) is 4.57 Å². The molecule has 45 heavy (non-hydrogen) atoms. The highest BCUT2D eigenvalue weighted by molar-refractivity contribution is 7.07. The maximum absolute atomic E-state index is 14.1. The molecule has 1 atom stereocenters. The van der Waals surface area contributed by atoms with Gasteiger partial charge in [-0.3, -0.25) is 9.36 Å². The highest BCUT2D eigenvalue weighted by atomic mass is 32.1. The third-order valence-electron chi connectivity index (χ3n) is 7.53. The lowest BCUT2D eigenvalue weighted by molar-refractivity contribution is -0.139. The predicted octanol–water partition coefficient (Wildman–Crippen LogP) is 4.89. The van der Waals surface area contributed by atoms with Crippen molar-refractivity contribution in [3.8, 4) is 23.0 Å². The number of hydrogen-bond donors (Lipinski definition) is 0. The van der Waals surface area contributed by atoms with E-state index in [4.69, 9.17) is 23.7 Å². The minimum absolute atomic E-state index is 0.186. The van der Waals surface area contributed by atoms with Gasteiger partial charge in [-0.15, -0.1) is 0 Å². The molecule has 0 fully saturated rings. The second kappa shape index (κ2) is 13.9. The largest absolute Gasteiger partial charge is 0.493 e. The number of nitrogens with zero attached hydrogens (tertiary/aromatic N) is 2. The van der Waals surface area contributed by atoms with Crippen LogP contribution in [0.4, 0.5) is 0 Å². The summed E-state index contributed by atoms with van der Waals surface area (Å²) >= 11 is 1.25. The number of methoxy groups -OCH3 is 2. The van der Waals surface area contributed by atoms with E-state index < -0.39 is 12.0 Å². The standard InChI is InChI=1S/C35H36N2O7S/c1-7-42-34(39)31-23(4)36-35-37(32(31)25-13-15-28(40-5)29(19-25)41-6)33(38)30(45-35)20-24-10-8-9-11-27(24)44-17-16-43-26-14-12-21(2)22(3)18-26/h8-15,18-20,32H,7,16-17H2,1-6H3/t32-/m1/s1. The van der Waals surface area contributed by atoms with Crippen LogP contribution in [0.2, 0.25) is 0 Å². The first kappa shape index (κ1) is 31.6. The number of carbonyl (C=O) groups is 1. The summed E-state index contributed by atoms with van der Waals surface area (Å²) in [6.45, 7) is 8.47. The molecule has 234 valence electrons. The molecular formula is C35H36N2O7S. The Balaban J connectivity index is 1.50. The van der Waals surface area contributed by atoms with Gasteiger partial charge in [0.25, 0.3) is 5.56 Å². The Labute approximate surface area is 265 Å². The maximum atomic E-state index is 14.1. The summed E-state index contributed by atoms with van der Waals surface area (Å²) in [7, 11) is 3.09. The highest BCUT2D eigenvalue weighted by Gasteiger charge is 2.34. The molecule has 0 aliphatic carbocycles. The summed E-state index contributed by atoms with van der Waals surface area (Å²) in [5.41, 5.74) is 4.24. The summed E-state index contributed by atoms with van der Waals surface area (Å²) < 4.78 is 30.3. The Morgan fingerprint density at radius 1 is 0.911 bits per heavy atom. The van der Waals surface area contributed by atoms with Gasteiger partial charge in [-0.1, -0.05) is 41.7 Å². The number of thiazole rings is 1. The van der Waals surface area contributed by atoms with E-state index in [1.165, 1.54) is 28.6 Å². The zero-order chi connectivity index (χ0) is 32.1. The Morgan fingerprint density at radius 2 is 1.67 bits per heavy atom. The van der Waals surface area contributed by atoms with Crippen LogP contribution in [0.15, 0.2) is 81.7 Å². The number of ether oxygens (including phenoxy) is 5. The van der Waals surface area contributed by atoms with Gasteiger partial charge in [0.15, 0.2) is 16.3 Å². The van der Waals surface area contributed by atoms with Crippen molar-refractivity contribution in [2.45, 2.75) is 33.7 Å². The molecule has 0 unspecified atom stereocenters. The van der Waals surface area contributed by atoms with E-state index in [1.54, 1.807) is 39.2 Å². The zero-order valence-electron chi connectivity index (χ0n) is 26.2. The Morgan fingerprint density at radius 3 is 2.40 bits per heavy atom. The molecule has 0 bridgehead atoms. The molecule has 5 rings (SSSR count). The summed E-state index contributed by atoms with van der Waals surface area (Å²) in [6.07, 6.45) is 1.79. The van der Waals surface area contributed by atoms with Gasteiger partial charge in [-0.25, -0.2) is 9.79 Å². The van der Waals surface area contributed by atoms with Crippen LogP contribution in [0, 0.1) is 13.8 Å². The number of rotatable bonds is 11. The van der Waals surface area contributed by atoms with Crippen LogP contribution in [-0.2, 0) is 9.53 Å². The van der Waals surface area contributed by atoms with Crippen LogP contribution in [0.25, 0.3) is 6.08 Å². The normalized spacial score (nSPS) is 14.4. The molecule has 10 heteroatoms. The lowest BCUT2D eigenvalue weighted by Crippen LogP contribution is -2.40. The van der Waals surface area contributed by atoms with Gasteiger partial charge in [0.05, 0.1) is 42.7 Å². The lowest BCUT2D eigenvalue weighted by atomic mass is 9.95. The van der Waals surface area contributed by atoms with Crippen molar-refractivity contribution in [2.24, 2.45) is 4.99 Å². The monoisotopic (exact) mass is 628 g/mol. The number of aromatic nitrogens is 1.